The van der Waals surface area contributed by atoms with Gasteiger partial charge in [0.2, 0.25) is 0 Å². The molecule has 1 aliphatic heterocycles. The largest absolute Gasteiger partial charge is 0.508 e. The molecule has 4 heteroatoms. The van der Waals surface area contributed by atoms with Gasteiger partial charge in [0.1, 0.15) is 5.75 Å². The van der Waals surface area contributed by atoms with E-state index in [1.54, 1.807) is 6.07 Å². The fourth-order valence-electron chi connectivity index (χ4n) is 4.78. The molecule has 2 N–H and O–H groups in total. The van der Waals surface area contributed by atoms with Crippen LogP contribution in [0.4, 0.5) is 0 Å². The Bertz CT molecular complexity index is 513. The fraction of sp³-hybridized carbons (Fsp3) is 0.727. The maximum absolute atomic E-state index is 10.8. The summed E-state index contributed by atoms with van der Waals surface area (Å²) in [6, 6.07) is 8.14. The van der Waals surface area contributed by atoms with E-state index in [4.69, 9.17) is 0 Å². The summed E-state index contributed by atoms with van der Waals surface area (Å²) < 4.78 is 0. The third kappa shape index (κ3) is 5.87. The van der Waals surface area contributed by atoms with E-state index >= 15 is 0 Å². The maximum atomic E-state index is 10.8. The first kappa shape index (κ1) is 21.5. The number of phenolic OH excluding ortho intramolecular Hbond substituents is 1. The second-order valence-corrected chi connectivity index (χ2v) is 8.08. The summed E-state index contributed by atoms with van der Waals surface area (Å²) in [7, 11) is 0. The number of aliphatic hydroxyl groups excluding tert-OH is 1. The van der Waals surface area contributed by atoms with Gasteiger partial charge in [0.05, 0.1) is 6.10 Å². The summed E-state index contributed by atoms with van der Waals surface area (Å²) in [6.07, 6.45) is 14.2. The lowest BCUT2D eigenvalue weighted by Gasteiger charge is -2.41. The van der Waals surface area contributed by atoms with Gasteiger partial charge in [-0.25, -0.2) is 0 Å². The van der Waals surface area contributed by atoms with E-state index in [0.29, 0.717) is 11.8 Å². The van der Waals surface area contributed by atoms with Crippen molar-refractivity contribution >= 4 is 12.4 Å². The number of halogens is 1. The standard InChI is InChI=1S/C22H35NO2.ClH/c24-21-14-10-9-13-19(21)20-15-16-23(17-22(20)25)18-11-7-5-3-1-2-4-6-8-12-18;/h9-10,13-14,18,20,22,24-25H,1-8,11-12,15-17H2;1H. The Morgan fingerprint density at radius 2 is 1.38 bits per heavy atom. The zero-order valence-electron chi connectivity index (χ0n) is 16.0. The second-order valence-electron chi connectivity index (χ2n) is 8.08. The van der Waals surface area contributed by atoms with E-state index in [1.165, 1.54) is 64.2 Å². The zero-order chi connectivity index (χ0) is 17.5. The molecule has 26 heavy (non-hydrogen) atoms. The lowest BCUT2D eigenvalue weighted by atomic mass is 9.85. The summed E-state index contributed by atoms with van der Waals surface area (Å²) in [5, 5.41) is 20.9. The van der Waals surface area contributed by atoms with Crippen molar-refractivity contribution in [3.8, 4) is 5.75 Å². The van der Waals surface area contributed by atoms with E-state index in [0.717, 1.165) is 25.1 Å². The number of benzene rings is 1. The lowest BCUT2D eigenvalue weighted by Crippen LogP contribution is -2.47. The van der Waals surface area contributed by atoms with Gasteiger partial charge in [0.25, 0.3) is 0 Å². The first-order valence-electron chi connectivity index (χ1n) is 10.5. The van der Waals surface area contributed by atoms with Crippen LogP contribution in [0.5, 0.6) is 5.75 Å². The molecule has 0 bridgehead atoms. The average Bonchev–Trinajstić information content (AvgIpc) is 2.68. The van der Waals surface area contributed by atoms with Gasteiger partial charge in [-0.2, -0.15) is 0 Å². The minimum Gasteiger partial charge on any atom is -0.508 e. The first-order chi connectivity index (χ1) is 12.3. The van der Waals surface area contributed by atoms with Crippen LogP contribution in [0.15, 0.2) is 24.3 Å². The normalized spacial score (nSPS) is 27.3. The second kappa shape index (κ2) is 11.2. The lowest BCUT2D eigenvalue weighted by molar-refractivity contribution is 0.0238. The third-order valence-corrected chi connectivity index (χ3v) is 6.29. The molecule has 1 aromatic rings. The molecule has 0 spiro atoms. The van der Waals surface area contributed by atoms with Crippen molar-refractivity contribution < 1.29 is 10.2 Å². The molecule has 0 aromatic heterocycles. The summed E-state index contributed by atoms with van der Waals surface area (Å²) in [5.74, 6) is 0.398. The van der Waals surface area contributed by atoms with Gasteiger partial charge in [0, 0.05) is 18.5 Å². The van der Waals surface area contributed by atoms with Crippen molar-refractivity contribution in [2.75, 3.05) is 13.1 Å². The number of phenols is 1. The van der Waals surface area contributed by atoms with Crippen molar-refractivity contribution in [1.82, 2.24) is 4.90 Å². The van der Waals surface area contributed by atoms with Crippen LogP contribution in [-0.2, 0) is 0 Å². The molecule has 1 saturated carbocycles. The van der Waals surface area contributed by atoms with Crippen LogP contribution in [0, 0.1) is 0 Å². The van der Waals surface area contributed by atoms with E-state index in [9.17, 15) is 10.2 Å². The number of nitrogens with zero attached hydrogens (tertiary/aromatic N) is 1. The molecule has 0 amide bonds. The maximum Gasteiger partial charge on any atom is 0.119 e. The molecule has 2 fully saturated rings. The molecule has 1 aliphatic carbocycles. The Morgan fingerprint density at radius 3 is 1.96 bits per heavy atom. The molecular weight excluding hydrogens is 346 g/mol. The Balaban J connectivity index is 0.00000243. The smallest absolute Gasteiger partial charge is 0.119 e. The molecule has 1 heterocycles. The van der Waals surface area contributed by atoms with Gasteiger partial charge in [-0.15, -0.1) is 12.4 Å². The predicted octanol–water partition coefficient (Wildman–Crippen LogP) is 5.25. The SMILES string of the molecule is Cl.Oc1ccccc1C1CCN(C2CCCCCCCCCC2)CC1O. The quantitative estimate of drug-likeness (QED) is 0.735. The van der Waals surface area contributed by atoms with Crippen molar-refractivity contribution in [3.05, 3.63) is 29.8 Å². The molecule has 0 radical (unpaired) electrons. The van der Waals surface area contributed by atoms with Gasteiger partial charge >= 0.3 is 0 Å². The molecule has 1 saturated heterocycles. The Kier molecular flexibility index (Phi) is 9.24. The van der Waals surface area contributed by atoms with E-state index < -0.39 is 0 Å². The Morgan fingerprint density at radius 1 is 0.808 bits per heavy atom. The minimum atomic E-state index is -0.375. The fourth-order valence-corrected chi connectivity index (χ4v) is 4.78. The number of likely N-dealkylation sites (tertiary alicyclic amines) is 1. The molecule has 1 aromatic carbocycles. The molecule has 2 unspecified atom stereocenters. The third-order valence-electron chi connectivity index (χ3n) is 6.29. The number of rotatable bonds is 2. The highest BCUT2D eigenvalue weighted by molar-refractivity contribution is 5.85. The van der Waals surface area contributed by atoms with Crippen LogP contribution in [0.2, 0.25) is 0 Å². The van der Waals surface area contributed by atoms with E-state index in [2.05, 4.69) is 4.90 Å². The highest BCUT2D eigenvalue weighted by atomic mass is 35.5. The van der Waals surface area contributed by atoms with Crippen LogP contribution in [0.25, 0.3) is 0 Å². The summed E-state index contributed by atoms with van der Waals surface area (Å²) >= 11 is 0. The average molecular weight is 382 g/mol. The molecule has 148 valence electrons. The van der Waals surface area contributed by atoms with Gasteiger partial charge < -0.3 is 10.2 Å². The van der Waals surface area contributed by atoms with Crippen molar-refractivity contribution in [2.45, 2.75) is 88.7 Å². The number of hydrogen-bond donors (Lipinski definition) is 2. The number of aromatic hydroxyl groups is 1. The van der Waals surface area contributed by atoms with Crippen LogP contribution < -0.4 is 0 Å². The molecule has 3 rings (SSSR count). The predicted molar refractivity (Wildman–Crippen MR) is 110 cm³/mol. The molecule has 2 atom stereocenters. The van der Waals surface area contributed by atoms with E-state index in [1.807, 2.05) is 18.2 Å². The summed E-state index contributed by atoms with van der Waals surface area (Å²) in [6.45, 7) is 1.80. The monoisotopic (exact) mass is 381 g/mol. The van der Waals surface area contributed by atoms with Crippen LogP contribution in [0.1, 0.15) is 82.1 Å². The van der Waals surface area contributed by atoms with Gasteiger partial charge in [-0.05, 0) is 37.4 Å². The molecule has 2 aliphatic rings. The Hall–Kier alpha value is -0.770. The van der Waals surface area contributed by atoms with Crippen LogP contribution in [0.3, 0.4) is 0 Å². The van der Waals surface area contributed by atoms with Crippen LogP contribution >= 0.6 is 12.4 Å². The van der Waals surface area contributed by atoms with Gasteiger partial charge in [0.15, 0.2) is 0 Å². The topological polar surface area (TPSA) is 43.7 Å². The van der Waals surface area contributed by atoms with Crippen molar-refractivity contribution in [1.29, 1.82) is 0 Å². The number of hydrogen-bond acceptors (Lipinski definition) is 3. The zero-order valence-corrected chi connectivity index (χ0v) is 16.8. The number of para-hydroxylation sites is 1. The van der Waals surface area contributed by atoms with Gasteiger partial charge in [-0.1, -0.05) is 69.6 Å². The number of aliphatic hydroxyl groups is 1. The molecular formula is C22H36ClNO2. The number of β-amino-alcohol motifs (C(OH)–C–C–N with tert-alkyl or cyclic N) is 1. The highest BCUT2D eigenvalue weighted by Crippen LogP contribution is 2.35. The van der Waals surface area contributed by atoms with Gasteiger partial charge in [-0.3, -0.25) is 4.90 Å². The van der Waals surface area contributed by atoms with Crippen LogP contribution in [-0.4, -0.2) is 40.3 Å². The van der Waals surface area contributed by atoms with Crippen molar-refractivity contribution in [3.63, 3.8) is 0 Å². The Labute approximate surface area is 165 Å². The van der Waals surface area contributed by atoms with Crippen molar-refractivity contribution in [2.24, 2.45) is 0 Å². The van der Waals surface area contributed by atoms with E-state index in [-0.39, 0.29) is 24.4 Å². The highest BCUT2D eigenvalue weighted by Gasteiger charge is 2.33. The summed E-state index contributed by atoms with van der Waals surface area (Å²) in [4.78, 5) is 2.54. The minimum absolute atomic E-state index is 0. The molecule has 3 nitrogen and oxygen atoms in total. The summed E-state index contributed by atoms with van der Waals surface area (Å²) in [5.41, 5.74) is 0.914. The number of piperidine rings is 1. The first-order valence-corrected chi connectivity index (χ1v) is 10.5.